The lowest BCUT2D eigenvalue weighted by atomic mass is 9.97. The van der Waals surface area contributed by atoms with Crippen LogP contribution in [-0.2, 0) is 14.3 Å². The summed E-state index contributed by atoms with van der Waals surface area (Å²) >= 11 is 0. The summed E-state index contributed by atoms with van der Waals surface area (Å²) in [6.07, 6.45) is 5.71. The first-order valence-electron chi connectivity index (χ1n) is 9.00. The van der Waals surface area contributed by atoms with Crippen LogP contribution in [0.1, 0.15) is 38.7 Å². The largest absolute Gasteiger partial charge is 0.494 e. The van der Waals surface area contributed by atoms with Gasteiger partial charge in [-0.25, -0.2) is 0 Å². The molecule has 0 bridgehead atoms. The van der Waals surface area contributed by atoms with Gasteiger partial charge in [0.2, 0.25) is 5.91 Å². The second-order valence-electron chi connectivity index (χ2n) is 6.10. The van der Waals surface area contributed by atoms with Crippen LogP contribution in [-0.4, -0.2) is 43.1 Å². The minimum Gasteiger partial charge on any atom is -0.494 e. The third kappa shape index (κ3) is 5.93. The van der Waals surface area contributed by atoms with Gasteiger partial charge < -0.3 is 14.4 Å². The molecule has 1 heterocycles. The van der Waals surface area contributed by atoms with Crippen LogP contribution in [0.2, 0.25) is 0 Å². The van der Waals surface area contributed by atoms with Crippen molar-refractivity contribution >= 4 is 18.0 Å². The quantitative estimate of drug-likeness (QED) is 0.562. The number of rotatable bonds is 7. The number of benzene rings is 1. The van der Waals surface area contributed by atoms with Crippen molar-refractivity contribution in [3.05, 3.63) is 35.9 Å². The Morgan fingerprint density at radius 3 is 2.44 bits per heavy atom. The van der Waals surface area contributed by atoms with Gasteiger partial charge in [0.25, 0.3) is 0 Å². The third-order valence-corrected chi connectivity index (χ3v) is 4.20. The average molecular weight is 345 g/mol. The molecule has 1 fully saturated rings. The van der Waals surface area contributed by atoms with Crippen LogP contribution in [0, 0.1) is 5.92 Å². The maximum absolute atomic E-state index is 12.3. The second kappa shape index (κ2) is 9.87. The number of ether oxygens (including phenoxy) is 2. The topological polar surface area (TPSA) is 55.8 Å². The Hall–Kier alpha value is -2.30. The van der Waals surface area contributed by atoms with Gasteiger partial charge in [-0.2, -0.15) is 0 Å². The van der Waals surface area contributed by atoms with Crippen LogP contribution in [0.5, 0.6) is 5.75 Å². The zero-order valence-corrected chi connectivity index (χ0v) is 15.1. The Labute approximate surface area is 149 Å². The number of carbonyl (C=O) groups excluding carboxylic acids is 2. The van der Waals surface area contributed by atoms with Crippen molar-refractivity contribution in [1.82, 2.24) is 4.90 Å². The molecule has 1 aromatic carbocycles. The molecule has 5 heteroatoms. The van der Waals surface area contributed by atoms with Crippen molar-refractivity contribution in [1.29, 1.82) is 0 Å². The van der Waals surface area contributed by atoms with Gasteiger partial charge in [0.05, 0.1) is 19.1 Å². The number of piperidine rings is 1. The van der Waals surface area contributed by atoms with E-state index in [0.717, 1.165) is 17.7 Å². The zero-order valence-electron chi connectivity index (χ0n) is 15.1. The van der Waals surface area contributed by atoms with Crippen molar-refractivity contribution in [3.63, 3.8) is 0 Å². The smallest absolute Gasteiger partial charge is 0.309 e. The van der Waals surface area contributed by atoms with E-state index in [1.165, 1.54) is 0 Å². The van der Waals surface area contributed by atoms with E-state index in [4.69, 9.17) is 9.47 Å². The number of hydrogen-bond donors (Lipinski definition) is 0. The Balaban J connectivity index is 1.82. The van der Waals surface area contributed by atoms with Crippen LogP contribution >= 0.6 is 0 Å². The molecule has 2 rings (SSSR count). The first-order chi connectivity index (χ1) is 12.1. The van der Waals surface area contributed by atoms with Crippen LogP contribution in [0.4, 0.5) is 0 Å². The molecular formula is C20H27NO4. The summed E-state index contributed by atoms with van der Waals surface area (Å²) in [7, 11) is 0. The molecule has 5 nitrogen and oxygen atoms in total. The van der Waals surface area contributed by atoms with E-state index in [2.05, 4.69) is 6.92 Å². The average Bonchev–Trinajstić information content (AvgIpc) is 2.65. The van der Waals surface area contributed by atoms with E-state index in [0.29, 0.717) is 39.1 Å². The highest BCUT2D eigenvalue weighted by Crippen LogP contribution is 2.19. The molecule has 0 unspecified atom stereocenters. The molecule has 0 radical (unpaired) electrons. The third-order valence-electron chi connectivity index (χ3n) is 4.20. The van der Waals surface area contributed by atoms with E-state index < -0.39 is 0 Å². The summed E-state index contributed by atoms with van der Waals surface area (Å²) in [6, 6.07) is 7.68. The maximum Gasteiger partial charge on any atom is 0.309 e. The number of esters is 1. The monoisotopic (exact) mass is 345 g/mol. The summed E-state index contributed by atoms with van der Waals surface area (Å²) in [4.78, 5) is 25.8. The molecule has 0 atom stereocenters. The number of carbonyl (C=O) groups is 2. The van der Waals surface area contributed by atoms with Gasteiger partial charge in [-0.3, -0.25) is 9.59 Å². The first kappa shape index (κ1) is 19.0. The maximum atomic E-state index is 12.3. The minimum absolute atomic E-state index is 0.0198. The molecular weight excluding hydrogens is 318 g/mol. The Kier molecular flexibility index (Phi) is 7.51. The summed E-state index contributed by atoms with van der Waals surface area (Å²) in [5.74, 6) is 0.596. The van der Waals surface area contributed by atoms with E-state index >= 15 is 0 Å². The number of amides is 1. The van der Waals surface area contributed by atoms with E-state index in [-0.39, 0.29) is 17.8 Å². The fraction of sp³-hybridized carbons (Fsp3) is 0.500. The van der Waals surface area contributed by atoms with E-state index in [1.54, 1.807) is 11.0 Å². The second-order valence-corrected chi connectivity index (χ2v) is 6.10. The van der Waals surface area contributed by atoms with Crippen LogP contribution in [0.3, 0.4) is 0 Å². The predicted octanol–water partition coefficient (Wildman–Crippen LogP) is 3.29. The Morgan fingerprint density at radius 1 is 1.16 bits per heavy atom. The van der Waals surface area contributed by atoms with Crippen LogP contribution < -0.4 is 4.74 Å². The highest BCUT2D eigenvalue weighted by molar-refractivity contribution is 5.92. The SMILES string of the molecule is CCCOc1ccc(/C=C/C(=O)N2CCC(C(=O)OCC)CC2)cc1. The molecule has 0 aromatic heterocycles. The molecule has 25 heavy (non-hydrogen) atoms. The van der Waals surface area contributed by atoms with E-state index in [9.17, 15) is 9.59 Å². The van der Waals surface area contributed by atoms with Gasteiger partial charge in [-0.05, 0) is 50.0 Å². The molecule has 136 valence electrons. The van der Waals surface area contributed by atoms with Gasteiger partial charge in [0.1, 0.15) is 5.75 Å². The normalized spacial score (nSPS) is 15.4. The molecule has 0 spiro atoms. The summed E-state index contributed by atoms with van der Waals surface area (Å²) < 4.78 is 10.6. The minimum atomic E-state index is -0.143. The Bertz CT molecular complexity index is 586. The van der Waals surface area contributed by atoms with Crippen molar-refractivity contribution in [2.45, 2.75) is 33.1 Å². The molecule has 1 aliphatic rings. The molecule has 0 aliphatic carbocycles. The van der Waals surface area contributed by atoms with Crippen molar-refractivity contribution in [3.8, 4) is 5.75 Å². The molecule has 0 saturated carbocycles. The standard InChI is InChI=1S/C20H27NO4/c1-3-15-25-18-8-5-16(6-9-18)7-10-19(22)21-13-11-17(12-14-21)20(23)24-4-2/h5-10,17H,3-4,11-15H2,1-2H3/b10-7+. The van der Waals surface area contributed by atoms with Gasteiger partial charge >= 0.3 is 5.97 Å². The molecule has 1 aromatic rings. The number of hydrogen-bond acceptors (Lipinski definition) is 4. The lowest BCUT2D eigenvalue weighted by Gasteiger charge is -2.30. The zero-order chi connectivity index (χ0) is 18.1. The van der Waals surface area contributed by atoms with Crippen molar-refractivity contribution < 1.29 is 19.1 Å². The van der Waals surface area contributed by atoms with Crippen molar-refractivity contribution in [2.24, 2.45) is 5.92 Å². The fourth-order valence-electron chi connectivity index (χ4n) is 2.76. The highest BCUT2D eigenvalue weighted by Gasteiger charge is 2.27. The van der Waals surface area contributed by atoms with Gasteiger partial charge in [0.15, 0.2) is 0 Å². The molecule has 1 aliphatic heterocycles. The summed E-state index contributed by atoms with van der Waals surface area (Å²) in [6.45, 7) is 6.17. The van der Waals surface area contributed by atoms with Gasteiger partial charge in [0, 0.05) is 19.2 Å². The van der Waals surface area contributed by atoms with Crippen molar-refractivity contribution in [2.75, 3.05) is 26.3 Å². The summed E-state index contributed by atoms with van der Waals surface area (Å²) in [5, 5.41) is 0. The first-order valence-corrected chi connectivity index (χ1v) is 9.00. The van der Waals surface area contributed by atoms with Gasteiger partial charge in [-0.1, -0.05) is 19.1 Å². The number of likely N-dealkylation sites (tertiary alicyclic amines) is 1. The van der Waals surface area contributed by atoms with Crippen LogP contribution in [0.15, 0.2) is 30.3 Å². The highest BCUT2D eigenvalue weighted by atomic mass is 16.5. The Morgan fingerprint density at radius 2 is 1.84 bits per heavy atom. The van der Waals surface area contributed by atoms with Crippen LogP contribution in [0.25, 0.3) is 6.08 Å². The predicted molar refractivity (Wildman–Crippen MR) is 97.2 cm³/mol. The lowest BCUT2D eigenvalue weighted by Crippen LogP contribution is -2.39. The van der Waals surface area contributed by atoms with E-state index in [1.807, 2.05) is 37.3 Å². The lowest BCUT2D eigenvalue weighted by molar-refractivity contribution is -0.150. The van der Waals surface area contributed by atoms with Gasteiger partial charge in [-0.15, -0.1) is 0 Å². The molecule has 1 amide bonds. The fourth-order valence-corrected chi connectivity index (χ4v) is 2.76. The molecule has 0 N–H and O–H groups in total. The number of nitrogens with zero attached hydrogens (tertiary/aromatic N) is 1. The summed E-state index contributed by atoms with van der Waals surface area (Å²) in [5.41, 5.74) is 0.957. The molecule has 1 saturated heterocycles.